The van der Waals surface area contributed by atoms with Gasteiger partial charge in [-0.15, -0.1) is 20.6 Å². The quantitative estimate of drug-likeness (QED) is 0.393. The second kappa shape index (κ2) is 9.39. The Morgan fingerprint density at radius 2 is 2.11 bits per heavy atom. The molecule has 2 N–H and O–H groups in total. The fourth-order valence-electron chi connectivity index (χ4n) is 5.20. The zero-order valence-corrected chi connectivity index (χ0v) is 22.4. The predicted octanol–water partition coefficient (Wildman–Crippen LogP) is 2.80. The Balaban J connectivity index is 1.55. The number of halogens is 1. The molecule has 9 nitrogen and oxygen atoms in total. The number of pyridine rings is 1. The number of nitrogen functional groups attached to an aromatic ring is 1. The Hall–Kier alpha value is -3.00. The van der Waals surface area contributed by atoms with Crippen LogP contribution in [0.4, 0.5) is 15.3 Å². The summed E-state index contributed by atoms with van der Waals surface area (Å²) >= 11 is 1.06. The van der Waals surface area contributed by atoms with Crippen LogP contribution in [0.2, 0.25) is 0 Å². The van der Waals surface area contributed by atoms with Crippen LogP contribution < -0.4 is 15.9 Å². The molecular weight excluding hydrogens is 512 g/mol. The smallest absolute Gasteiger partial charge is 0.226 e. The number of likely N-dealkylation sites (N-methyl/N-ethyl adjacent to an activating group) is 1. The highest BCUT2D eigenvalue weighted by molar-refractivity contribution is 7.29. The summed E-state index contributed by atoms with van der Waals surface area (Å²) in [6.07, 6.45) is 3.11. The maximum absolute atomic E-state index is 14.7. The van der Waals surface area contributed by atoms with Crippen LogP contribution in [0.15, 0.2) is 12.4 Å². The minimum absolute atomic E-state index is 0.0626. The Kier molecular flexibility index (Phi) is 6.18. The number of nitrogens with zero attached hydrogens (tertiary/aromatic N) is 6. The monoisotopic (exact) mass is 537 g/mol. The van der Waals surface area contributed by atoms with Crippen LogP contribution in [-0.2, 0) is 22.7 Å². The predicted molar refractivity (Wildman–Crippen MR) is 146 cm³/mol. The van der Waals surface area contributed by atoms with Gasteiger partial charge in [0.2, 0.25) is 5.95 Å². The highest BCUT2D eigenvalue weighted by Gasteiger charge is 2.29. The Bertz CT molecular complexity index is 1600. The normalized spacial score (nSPS) is 17.6. The molecule has 2 aliphatic rings. The standard InChI is InChI=1S/C25H25FN7O2PS/c1-32(2)8-12-9-33(3-4-35-12)25-30-6-14-15-10-34-11-16(15)18(22(36)20(14)31-25)21-19-13(5-27)24(28)37-23(19)17(26)7-29-21/h6-7,12H,3-4,8-11,28,36H2,1-2H3. The van der Waals surface area contributed by atoms with E-state index in [-0.39, 0.29) is 16.7 Å². The molecular formula is C25H25FN7O2PS. The lowest BCUT2D eigenvalue weighted by Crippen LogP contribution is -2.47. The van der Waals surface area contributed by atoms with Gasteiger partial charge in [-0.2, -0.15) is 5.26 Å². The van der Waals surface area contributed by atoms with Gasteiger partial charge in [0.1, 0.15) is 11.1 Å². The second-order valence-corrected chi connectivity index (χ2v) is 11.1. The Morgan fingerprint density at radius 3 is 2.89 bits per heavy atom. The van der Waals surface area contributed by atoms with Crippen molar-refractivity contribution in [2.75, 3.05) is 51.0 Å². The van der Waals surface area contributed by atoms with E-state index in [4.69, 9.17) is 25.2 Å². The van der Waals surface area contributed by atoms with Gasteiger partial charge in [0, 0.05) is 47.5 Å². The largest absolute Gasteiger partial charge is 0.389 e. The number of aromatic nitrogens is 3. The molecule has 3 aromatic heterocycles. The molecule has 0 bridgehead atoms. The number of hydrogen-bond donors (Lipinski definition) is 1. The number of benzene rings is 1. The van der Waals surface area contributed by atoms with E-state index in [1.165, 1.54) is 6.20 Å². The third kappa shape index (κ3) is 4.00. The summed E-state index contributed by atoms with van der Waals surface area (Å²) in [6, 6.07) is 2.14. The first kappa shape index (κ1) is 24.3. The summed E-state index contributed by atoms with van der Waals surface area (Å²) in [6.45, 7) is 3.59. The van der Waals surface area contributed by atoms with E-state index in [1.807, 2.05) is 20.3 Å². The number of nitriles is 1. The molecule has 37 heavy (non-hydrogen) atoms. The highest BCUT2D eigenvalue weighted by Crippen LogP contribution is 2.43. The van der Waals surface area contributed by atoms with Crippen LogP contribution in [0.5, 0.6) is 0 Å². The average molecular weight is 538 g/mol. The van der Waals surface area contributed by atoms with Crippen molar-refractivity contribution in [3.8, 4) is 17.3 Å². The van der Waals surface area contributed by atoms with Crippen LogP contribution in [0.3, 0.4) is 0 Å². The summed E-state index contributed by atoms with van der Waals surface area (Å²) in [5.41, 5.74) is 10.3. The van der Waals surface area contributed by atoms with Crippen molar-refractivity contribution in [1.82, 2.24) is 19.9 Å². The summed E-state index contributed by atoms with van der Waals surface area (Å²) in [5.74, 6) is 0.128. The molecule has 0 spiro atoms. The maximum Gasteiger partial charge on any atom is 0.226 e. The number of rotatable bonds is 4. The molecule has 12 heteroatoms. The molecule has 2 atom stereocenters. The van der Waals surface area contributed by atoms with E-state index in [0.29, 0.717) is 54.6 Å². The van der Waals surface area contributed by atoms with Crippen molar-refractivity contribution < 1.29 is 13.9 Å². The van der Waals surface area contributed by atoms with Crippen LogP contribution >= 0.6 is 20.6 Å². The van der Waals surface area contributed by atoms with Gasteiger partial charge >= 0.3 is 0 Å². The van der Waals surface area contributed by atoms with Crippen LogP contribution in [0, 0.1) is 17.1 Å². The van der Waals surface area contributed by atoms with Gasteiger partial charge in [-0.25, -0.2) is 14.4 Å². The fraction of sp³-hybridized carbons (Fsp3) is 0.360. The molecule has 4 aromatic rings. The van der Waals surface area contributed by atoms with Crippen LogP contribution in [0.25, 0.3) is 32.2 Å². The summed E-state index contributed by atoms with van der Waals surface area (Å²) in [5, 5.41) is 12.2. The maximum atomic E-state index is 14.7. The van der Waals surface area contributed by atoms with Gasteiger partial charge in [0.25, 0.3) is 0 Å². The second-order valence-electron chi connectivity index (χ2n) is 9.48. The molecule has 0 amide bonds. The van der Waals surface area contributed by atoms with Gasteiger partial charge in [0.05, 0.1) is 53.6 Å². The van der Waals surface area contributed by atoms with Crippen molar-refractivity contribution in [1.29, 1.82) is 5.26 Å². The fourth-order valence-corrected chi connectivity index (χ4v) is 6.65. The molecule has 0 aliphatic carbocycles. The van der Waals surface area contributed by atoms with Gasteiger partial charge in [-0.05, 0) is 25.2 Å². The molecule has 2 aliphatic heterocycles. The van der Waals surface area contributed by atoms with Crippen molar-refractivity contribution in [3.05, 3.63) is 34.9 Å². The zero-order chi connectivity index (χ0) is 25.8. The third-order valence-electron chi connectivity index (χ3n) is 6.82. The summed E-state index contributed by atoms with van der Waals surface area (Å²) in [4.78, 5) is 18.4. The summed E-state index contributed by atoms with van der Waals surface area (Å²) in [7, 11) is 6.84. The number of fused-ring (bicyclic) bond motifs is 4. The molecule has 190 valence electrons. The molecule has 0 radical (unpaired) electrons. The molecule has 1 fully saturated rings. The topological polar surface area (TPSA) is 113 Å². The lowest BCUT2D eigenvalue weighted by Gasteiger charge is -2.34. The number of morpholine rings is 1. The molecule has 1 aromatic carbocycles. The van der Waals surface area contributed by atoms with E-state index in [1.54, 1.807) is 0 Å². The first-order valence-corrected chi connectivity index (χ1v) is 13.2. The van der Waals surface area contributed by atoms with Crippen molar-refractivity contribution in [2.45, 2.75) is 19.3 Å². The van der Waals surface area contributed by atoms with Gasteiger partial charge < -0.3 is 25.0 Å². The van der Waals surface area contributed by atoms with Gasteiger partial charge in [0.15, 0.2) is 5.82 Å². The molecule has 2 unspecified atom stereocenters. The third-order valence-corrected chi connectivity index (χ3v) is 8.41. The Morgan fingerprint density at radius 1 is 1.30 bits per heavy atom. The van der Waals surface area contributed by atoms with Gasteiger partial charge in [-0.3, -0.25) is 4.98 Å². The zero-order valence-electron chi connectivity index (χ0n) is 20.4. The van der Waals surface area contributed by atoms with Crippen molar-refractivity contribution >= 4 is 57.8 Å². The van der Waals surface area contributed by atoms with Crippen molar-refractivity contribution in [2.24, 2.45) is 0 Å². The SMILES string of the molecule is CN(C)CC1CN(c2ncc3c4c(c(-c5ncc(F)c6sc(N)c(C#N)c56)c(P)c3n2)COC4)CCO1. The Labute approximate surface area is 219 Å². The number of hydrogen-bond acceptors (Lipinski definition) is 10. The number of thiophene rings is 1. The van der Waals surface area contributed by atoms with Crippen LogP contribution in [-0.4, -0.2) is 66.3 Å². The first-order chi connectivity index (χ1) is 17.9. The molecule has 5 heterocycles. The first-order valence-electron chi connectivity index (χ1n) is 11.8. The van der Waals surface area contributed by atoms with Crippen LogP contribution in [0.1, 0.15) is 16.7 Å². The minimum atomic E-state index is -0.500. The van der Waals surface area contributed by atoms with Gasteiger partial charge in [-0.1, -0.05) is 0 Å². The highest BCUT2D eigenvalue weighted by atomic mass is 32.1. The van der Waals surface area contributed by atoms with E-state index in [2.05, 4.69) is 30.1 Å². The molecule has 1 saturated heterocycles. The number of anilines is 2. The average Bonchev–Trinajstić information content (AvgIpc) is 3.50. The van der Waals surface area contributed by atoms with E-state index >= 15 is 0 Å². The number of ether oxygens (including phenoxy) is 2. The summed E-state index contributed by atoms with van der Waals surface area (Å²) < 4.78 is 26.8. The minimum Gasteiger partial charge on any atom is -0.389 e. The van der Waals surface area contributed by atoms with E-state index < -0.39 is 5.82 Å². The lowest BCUT2D eigenvalue weighted by atomic mass is 9.94. The lowest BCUT2D eigenvalue weighted by molar-refractivity contribution is 0.0243. The molecule has 6 rings (SSSR count). The van der Waals surface area contributed by atoms with Crippen molar-refractivity contribution in [3.63, 3.8) is 0 Å². The van der Waals surface area contributed by atoms with E-state index in [0.717, 1.165) is 50.8 Å². The van der Waals surface area contributed by atoms with E-state index in [9.17, 15) is 9.65 Å². The molecule has 0 saturated carbocycles. The number of nitrogens with two attached hydrogens (primary N) is 1.